The van der Waals surface area contributed by atoms with Gasteiger partial charge in [-0.1, -0.05) is 24.6 Å². The van der Waals surface area contributed by atoms with Crippen LogP contribution in [-0.2, 0) is 14.3 Å². The molecular weight excluding hydrogens is 298 g/mol. The lowest BCUT2D eigenvalue weighted by molar-refractivity contribution is -0.145. The summed E-state index contributed by atoms with van der Waals surface area (Å²) in [6.45, 7) is 4.72. The van der Waals surface area contributed by atoms with E-state index < -0.39 is 5.92 Å². The number of nitrogens with zero attached hydrogens (tertiary/aromatic N) is 1. The predicted octanol–water partition coefficient (Wildman–Crippen LogP) is 1.26. The van der Waals surface area contributed by atoms with E-state index in [9.17, 15) is 9.59 Å². The Morgan fingerprint density at radius 1 is 1.22 bits per heavy atom. The molecular formula is C17H25NO5. The van der Waals surface area contributed by atoms with Gasteiger partial charge in [-0.15, -0.1) is 0 Å². The molecule has 0 saturated heterocycles. The van der Waals surface area contributed by atoms with Gasteiger partial charge in [0.1, 0.15) is 0 Å². The maximum atomic E-state index is 12.6. The van der Waals surface area contributed by atoms with Crippen LogP contribution >= 0.6 is 0 Å². The summed E-state index contributed by atoms with van der Waals surface area (Å²) >= 11 is 0. The molecule has 0 aliphatic rings. The number of esters is 1. The molecule has 1 amide bonds. The van der Waals surface area contributed by atoms with Crippen LogP contribution in [0.1, 0.15) is 22.8 Å². The largest absolute Gasteiger partial charge is 0.469 e. The first kappa shape index (κ1) is 19.1. The van der Waals surface area contributed by atoms with Gasteiger partial charge in [-0.25, -0.2) is 0 Å². The zero-order valence-electron chi connectivity index (χ0n) is 13.9. The fourth-order valence-electron chi connectivity index (χ4n) is 2.10. The predicted molar refractivity (Wildman–Crippen MR) is 86.2 cm³/mol. The number of benzene rings is 1. The molecule has 0 heterocycles. The van der Waals surface area contributed by atoms with Crippen molar-refractivity contribution >= 4 is 11.9 Å². The van der Waals surface area contributed by atoms with Gasteiger partial charge in [-0.3, -0.25) is 9.59 Å². The molecule has 1 rings (SSSR count). The van der Waals surface area contributed by atoms with Crippen LogP contribution in [0.2, 0.25) is 0 Å². The Hall–Kier alpha value is -1.92. The smallest absolute Gasteiger partial charge is 0.310 e. The molecule has 128 valence electrons. The van der Waals surface area contributed by atoms with Crippen LogP contribution in [0.25, 0.3) is 0 Å². The highest BCUT2D eigenvalue weighted by Gasteiger charge is 2.22. The Morgan fingerprint density at radius 2 is 1.87 bits per heavy atom. The van der Waals surface area contributed by atoms with E-state index >= 15 is 0 Å². The van der Waals surface area contributed by atoms with Crippen molar-refractivity contribution in [2.24, 2.45) is 5.92 Å². The second-order valence-electron chi connectivity index (χ2n) is 5.38. The van der Waals surface area contributed by atoms with Crippen LogP contribution in [0.5, 0.6) is 0 Å². The molecule has 0 aromatic heterocycles. The number of rotatable bonds is 9. The number of aliphatic hydroxyl groups is 1. The zero-order chi connectivity index (χ0) is 17.2. The van der Waals surface area contributed by atoms with Gasteiger partial charge in [-0.2, -0.15) is 0 Å². The first-order valence-electron chi connectivity index (χ1n) is 7.62. The van der Waals surface area contributed by atoms with Gasteiger partial charge >= 0.3 is 5.97 Å². The summed E-state index contributed by atoms with van der Waals surface area (Å²) in [5.41, 5.74) is 1.64. The standard InChI is InChI=1S/C17H25NO5/c1-13-4-6-15(7-5-13)16(20)18(8-10-23-11-9-19)12-14(2)17(21)22-3/h4-7,14,19H,8-12H2,1-3H3. The third kappa shape index (κ3) is 6.38. The van der Waals surface area contributed by atoms with E-state index in [1.54, 1.807) is 24.0 Å². The minimum Gasteiger partial charge on any atom is -0.469 e. The van der Waals surface area contributed by atoms with Gasteiger partial charge < -0.3 is 19.5 Å². The second kappa shape index (κ2) is 9.97. The van der Waals surface area contributed by atoms with Gasteiger partial charge in [-0.05, 0) is 19.1 Å². The third-order valence-corrected chi connectivity index (χ3v) is 3.42. The maximum absolute atomic E-state index is 12.6. The number of hydrogen-bond donors (Lipinski definition) is 1. The van der Waals surface area contributed by atoms with Crippen molar-refractivity contribution in [3.8, 4) is 0 Å². The normalized spacial score (nSPS) is 11.8. The van der Waals surface area contributed by atoms with Crippen molar-refractivity contribution in [3.05, 3.63) is 35.4 Å². The molecule has 0 aliphatic carbocycles. The molecule has 6 nitrogen and oxygen atoms in total. The van der Waals surface area contributed by atoms with Crippen LogP contribution < -0.4 is 0 Å². The Morgan fingerprint density at radius 3 is 2.43 bits per heavy atom. The monoisotopic (exact) mass is 323 g/mol. The number of methoxy groups -OCH3 is 1. The van der Waals surface area contributed by atoms with Gasteiger partial charge in [0.15, 0.2) is 0 Å². The number of amides is 1. The van der Waals surface area contributed by atoms with Crippen LogP contribution in [0.3, 0.4) is 0 Å². The third-order valence-electron chi connectivity index (χ3n) is 3.42. The molecule has 0 bridgehead atoms. The van der Waals surface area contributed by atoms with E-state index in [-0.39, 0.29) is 31.6 Å². The lowest BCUT2D eigenvalue weighted by atomic mass is 10.1. The number of carbonyl (C=O) groups excluding carboxylic acids is 2. The van der Waals surface area contributed by atoms with Crippen LogP contribution in [0.4, 0.5) is 0 Å². The SMILES string of the molecule is COC(=O)C(C)CN(CCOCCO)C(=O)c1ccc(C)cc1. The van der Waals surface area contributed by atoms with Gasteiger partial charge in [0.05, 0.1) is 32.8 Å². The van der Waals surface area contributed by atoms with E-state index in [4.69, 9.17) is 14.6 Å². The van der Waals surface area contributed by atoms with Crippen molar-refractivity contribution in [1.82, 2.24) is 4.90 Å². The summed E-state index contributed by atoms with van der Waals surface area (Å²) in [5.74, 6) is -0.941. The first-order valence-corrected chi connectivity index (χ1v) is 7.62. The Labute approximate surface area is 137 Å². The summed E-state index contributed by atoms with van der Waals surface area (Å²) in [6.07, 6.45) is 0. The van der Waals surface area contributed by atoms with Gasteiger partial charge in [0.2, 0.25) is 0 Å². The van der Waals surface area contributed by atoms with E-state index in [1.807, 2.05) is 19.1 Å². The van der Waals surface area contributed by atoms with E-state index in [1.165, 1.54) is 7.11 Å². The fourth-order valence-corrected chi connectivity index (χ4v) is 2.10. The molecule has 6 heteroatoms. The van der Waals surface area contributed by atoms with Crippen molar-refractivity contribution in [2.75, 3.05) is 40.0 Å². The quantitative estimate of drug-likeness (QED) is 0.547. The summed E-state index contributed by atoms with van der Waals surface area (Å²) in [4.78, 5) is 25.8. The Balaban J connectivity index is 2.77. The topological polar surface area (TPSA) is 76.1 Å². The number of ether oxygens (including phenoxy) is 2. The summed E-state index contributed by atoms with van der Waals surface area (Å²) in [5, 5.41) is 8.73. The summed E-state index contributed by atoms with van der Waals surface area (Å²) < 4.78 is 9.94. The fraction of sp³-hybridized carbons (Fsp3) is 0.529. The number of hydrogen-bond acceptors (Lipinski definition) is 5. The molecule has 1 N–H and O–H groups in total. The van der Waals surface area contributed by atoms with Crippen LogP contribution in [-0.4, -0.2) is 61.9 Å². The Kier molecular flexibility index (Phi) is 8.29. The highest BCUT2D eigenvalue weighted by molar-refractivity contribution is 5.94. The highest BCUT2D eigenvalue weighted by Crippen LogP contribution is 2.10. The lowest BCUT2D eigenvalue weighted by Gasteiger charge is -2.25. The number of carbonyl (C=O) groups is 2. The molecule has 0 fully saturated rings. The molecule has 1 unspecified atom stereocenters. The molecule has 1 aromatic carbocycles. The second-order valence-corrected chi connectivity index (χ2v) is 5.38. The summed E-state index contributed by atoms with van der Waals surface area (Å²) in [6, 6.07) is 7.28. The Bertz CT molecular complexity index is 500. The molecule has 1 atom stereocenters. The van der Waals surface area contributed by atoms with Crippen molar-refractivity contribution in [2.45, 2.75) is 13.8 Å². The van der Waals surface area contributed by atoms with E-state index in [2.05, 4.69) is 0 Å². The van der Waals surface area contributed by atoms with Crippen LogP contribution in [0.15, 0.2) is 24.3 Å². The average Bonchev–Trinajstić information content (AvgIpc) is 2.56. The summed E-state index contributed by atoms with van der Waals surface area (Å²) in [7, 11) is 1.33. The molecule has 0 spiro atoms. The molecule has 0 radical (unpaired) electrons. The minimum absolute atomic E-state index is 0.0650. The zero-order valence-corrected chi connectivity index (χ0v) is 13.9. The molecule has 1 aromatic rings. The first-order chi connectivity index (χ1) is 11.0. The van der Waals surface area contributed by atoms with E-state index in [0.717, 1.165) is 5.56 Å². The molecule has 23 heavy (non-hydrogen) atoms. The van der Waals surface area contributed by atoms with Crippen molar-refractivity contribution in [1.29, 1.82) is 0 Å². The number of aliphatic hydroxyl groups excluding tert-OH is 1. The van der Waals surface area contributed by atoms with Crippen molar-refractivity contribution < 1.29 is 24.2 Å². The average molecular weight is 323 g/mol. The van der Waals surface area contributed by atoms with Crippen LogP contribution in [0, 0.1) is 12.8 Å². The van der Waals surface area contributed by atoms with E-state index in [0.29, 0.717) is 18.7 Å². The highest BCUT2D eigenvalue weighted by atomic mass is 16.5. The number of aryl methyl sites for hydroxylation is 1. The minimum atomic E-state index is -0.424. The van der Waals surface area contributed by atoms with Gasteiger partial charge in [0, 0.05) is 18.7 Å². The maximum Gasteiger partial charge on any atom is 0.310 e. The van der Waals surface area contributed by atoms with Crippen molar-refractivity contribution in [3.63, 3.8) is 0 Å². The van der Waals surface area contributed by atoms with Gasteiger partial charge in [0.25, 0.3) is 5.91 Å². The molecule has 0 saturated carbocycles. The molecule has 0 aliphatic heterocycles. The lowest BCUT2D eigenvalue weighted by Crippen LogP contribution is -2.39.